The minimum absolute atomic E-state index is 0.210. The second kappa shape index (κ2) is 3.20. The van der Waals surface area contributed by atoms with Gasteiger partial charge >= 0.3 is 12.1 Å². The number of alkyl halides is 5. The van der Waals surface area contributed by atoms with Crippen LogP contribution in [-0.2, 0) is 5.92 Å². The third-order valence-corrected chi connectivity index (χ3v) is 2.17. The monoisotopic (exact) mass is 236 g/mol. The summed E-state index contributed by atoms with van der Waals surface area (Å²) in [5.74, 6) is -4.85. The fourth-order valence-corrected chi connectivity index (χ4v) is 1.33. The van der Waals surface area contributed by atoms with E-state index >= 15 is 0 Å². The zero-order valence-corrected chi connectivity index (χ0v) is 7.68. The molecule has 0 amide bonds. The third-order valence-electron chi connectivity index (χ3n) is 2.17. The van der Waals surface area contributed by atoms with Gasteiger partial charge in [0.25, 0.3) is 0 Å². The van der Waals surface area contributed by atoms with Crippen molar-refractivity contribution in [3.63, 3.8) is 0 Å². The molecule has 0 saturated carbocycles. The first-order valence-electron chi connectivity index (χ1n) is 4.24. The molecule has 0 N–H and O–H groups in total. The minimum atomic E-state index is -5.59. The van der Waals surface area contributed by atoms with Gasteiger partial charge in [0.15, 0.2) is 0 Å². The summed E-state index contributed by atoms with van der Waals surface area (Å²) in [5.41, 5.74) is -0.823. The maximum Gasteiger partial charge on any atom is 0.458 e. The normalized spacial score (nSPS) is 13.3. The highest BCUT2D eigenvalue weighted by Gasteiger charge is 2.58. The number of hydrogen-bond acceptors (Lipinski definition) is 1. The molecule has 86 valence electrons. The van der Waals surface area contributed by atoms with Gasteiger partial charge in [-0.25, -0.2) is 0 Å². The van der Waals surface area contributed by atoms with Gasteiger partial charge in [-0.3, -0.25) is 0 Å². The van der Waals surface area contributed by atoms with Crippen molar-refractivity contribution in [2.45, 2.75) is 12.1 Å². The topological polar surface area (TPSA) is 13.1 Å². The van der Waals surface area contributed by atoms with E-state index in [1.54, 1.807) is 0 Å². The van der Waals surface area contributed by atoms with Crippen molar-refractivity contribution in [1.29, 1.82) is 0 Å². The van der Waals surface area contributed by atoms with Gasteiger partial charge in [-0.05, 0) is 24.3 Å². The Morgan fingerprint density at radius 2 is 1.62 bits per heavy atom. The molecule has 0 saturated heterocycles. The van der Waals surface area contributed by atoms with Crippen LogP contribution in [0.2, 0.25) is 0 Å². The number of furan rings is 1. The Morgan fingerprint density at radius 1 is 0.938 bits per heavy atom. The molecular formula is C10H5F5O. The number of halogens is 5. The van der Waals surface area contributed by atoms with Gasteiger partial charge in [-0.2, -0.15) is 22.0 Å². The quantitative estimate of drug-likeness (QED) is 0.680. The van der Waals surface area contributed by atoms with Gasteiger partial charge in [0.1, 0.15) is 5.58 Å². The second-order valence-corrected chi connectivity index (χ2v) is 3.25. The summed E-state index contributed by atoms with van der Waals surface area (Å²) in [6, 6.07) is 3.89. The summed E-state index contributed by atoms with van der Waals surface area (Å²) in [6.45, 7) is 0. The van der Waals surface area contributed by atoms with Gasteiger partial charge in [-0.1, -0.05) is 0 Å². The van der Waals surface area contributed by atoms with Crippen LogP contribution in [0.1, 0.15) is 5.56 Å². The minimum Gasteiger partial charge on any atom is -0.464 e. The molecule has 0 radical (unpaired) electrons. The molecule has 0 aliphatic heterocycles. The average Bonchev–Trinajstić information content (AvgIpc) is 2.61. The van der Waals surface area contributed by atoms with Crippen LogP contribution in [0.3, 0.4) is 0 Å². The lowest BCUT2D eigenvalue weighted by atomic mass is 10.1. The first-order valence-corrected chi connectivity index (χ1v) is 4.24. The van der Waals surface area contributed by atoms with Crippen LogP contribution in [0.4, 0.5) is 22.0 Å². The summed E-state index contributed by atoms with van der Waals surface area (Å²) in [4.78, 5) is 0. The molecule has 6 heteroatoms. The van der Waals surface area contributed by atoms with Gasteiger partial charge in [0.2, 0.25) is 0 Å². The Bertz CT molecular complexity index is 511. The first kappa shape index (κ1) is 10.9. The highest BCUT2D eigenvalue weighted by atomic mass is 19.4. The fraction of sp³-hybridized carbons (Fsp3) is 0.200. The highest BCUT2D eigenvalue weighted by Crippen LogP contribution is 2.44. The van der Waals surface area contributed by atoms with Crippen molar-refractivity contribution >= 4 is 11.0 Å². The molecule has 0 aliphatic carbocycles. The van der Waals surface area contributed by atoms with Crippen LogP contribution in [-0.4, -0.2) is 6.18 Å². The van der Waals surface area contributed by atoms with E-state index in [2.05, 4.69) is 0 Å². The summed E-state index contributed by atoms with van der Waals surface area (Å²) in [5, 5.41) is 0.210. The Kier molecular flexibility index (Phi) is 2.18. The van der Waals surface area contributed by atoms with E-state index in [4.69, 9.17) is 4.42 Å². The summed E-state index contributed by atoms with van der Waals surface area (Å²) < 4.78 is 66.9. The predicted molar refractivity (Wildman–Crippen MR) is 46.2 cm³/mol. The summed E-state index contributed by atoms with van der Waals surface area (Å²) in [6.07, 6.45) is -4.37. The van der Waals surface area contributed by atoms with Crippen LogP contribution in [0.15, 0.2) is 34.9 Å². The van der Waals surface area contributed by atoms with E-state index < -0.39 is 17.7 Å². The smallest absolute Gasteiger partial charge is 0.458 e. The van der Waals surface area contributed by atoms with Gasteiger partial charge < -0.3 is 4.42 Å². The molecule has 0 bridgehead atoms. The Hall–Kier alpha value is -1.59. The maximum atomic E-state index is 12.9. The number of fused-ring (bicyclic) bond motifs is 1. The molecule has 16 heavy (non-hydrogen) atoms. The average molecular weight is 236 g/mol. The molecule has 1 aromatic carbocycles. The second-order valence-electron chi connectivity index (χ2n) is 3.25. The lowest BCUT2D eigenvalue weighted by molar-refractivity contribution is -0.289. The van der Waals surface area contributed by atoms with Gasteiger partial charge in [-0.15, -0.1) is 0 Å². The van der Waals surface area contributed by atoms with Crippen LogP contribution in [0, 0.1) is 0 Å². The van der Waals surface area contributed by atoms with Gasteiger partial charge in [0, 0.05) is 10.9 Å². The van der Waals surface area contributed by atoms with Crippen LogP contribution in [0.25, 0.3) is 11.0 Å². The number of rotatable bonds is 1. The van der Waals surface area contributed by atoms with Crippen LogP contribution < -0.4 is 0 Å². The molecule has 0 atom stereocenters. The standard InChI is InChI=1S/C10H5F5O/c11-9(12,10(13,14)15)7-1-2-8-6(5-7)3-4-16-8/h1-5H. The first-order chi connectivity index (χ1) is 7.32. The molecule has 1 aromatic heterocycles. The van der Waals surface area contributed by atoms with E-state index in [-0.39, 0.29) is 11.0 Å². The molecule has 0 fully saturated rings. The SMILES string of the molecule is FC(F)(F)C(F)(F)c1ccc2occc2c1. The molecule has 1 heterocycles. The van der Waals surface area contributed by atoms with E-state index in [0.29, 0.717) is 6.07 Å². The maximum absolute atomic E-state index is 12.9. The van der Waals surface area contributed by atoms with E-state index in [1.165, 1.54) is 12.3 Å². The number of benzene rings is 1. The predicted octanol–water partition coefficient (Wildman–Crippen LogP) is 4.09. The van der Waals surface area contributed by atoms with E-state index in [0.717, 1.165) is 12.1 Å². The van der Waals surface area contributed by atoms with E-state index in [1.807, 2.05) is 0 Å². The largest absolute Gasteiger partial charge is 0.464 e. The molecule has 0 unspecified atom stereocenters. The third kappa shape index (κ3) is 1.54. The molecule has 0 spiro atoms. The van der Waals surface area contributed by atoms with Crippen LogP contribution >= 0.6 is 0 Å². The molecule has 2 rings (SSSR count). The molecule has 0 aliphatic rings. The van der Waals surface area contributed by atoms with Gasteiger partial charge in [0.05, 0.1) is 6.26 Å². The Morgan fingerprint density at radius 3 is 2.25 bits per heavy atom. The summed E-state index contributed by atoms with van der Waals surface area (Å²) in [7, 11) is 0. The zero-order chi connectivity index (χ0) is 12.0. The Labute approximate surface area is 86.5 Å². The van der Waals surface area contributed by atoms with Crippen molar-refractivity contribution in [3.8, 4) is 0 Å². The van der Waals surface area contributed by atoms with Crippen molar-refractivity contribution in [3.05, 3.63) is 36.1 Å². The lowest BCUT2D eigenvalue weighted by Gasteiger charge is -2.19. The molecule has 1 nitrogen and oxygen atoms in total. The van der Waals surface area contributed by atoms with E-state index in [9.17, 15) is 22.0 Å². The van der Waals surface area contributed by atoms with Crippen LogP contribution in [0.5, 0.6) is 0 Å². The highest BCUT2D eigenvalue weighted by molar-refractivity contribution is 5.77. The van der Waals surface area contributed by atoms with Crippen molar-refractivity contribution in [2.24, 2.45) is 0 Å². The Balaban J connectivity index is 2.54. The lowest BCUT2D eigenvalue weighted by Crippen LogP contribution is -2.33. The van der Waals surface area contributed by atoms with Crippen molar-refractivity contribution in [2.75, 3.05) is 0 Å². The van der Waals surface area contributed by atoms with Crippen molar-refractivity contribution < 1.29 is 26.4 Å². The molecular weight excluding hydrogens is 231 g/mol. The zero-order valence-electron chi connectivity index (χ0n) is 7.68. The van der Waals surface area contributed by atoms with Crippen molar-refractivity contribution in [1.82, 2.24) is 0 Å². The number of hydrogen-bond donors (Lipinski definition) is 0. The summed E-state index contributed by atoms with van der Waals surface area (Å²) >= 11 is 0. The molecule has 2 aromatic rings. The fourth-order valence-electron chi connectivity index (χ4n) is 1.33.